The molecule has 0 saturated carbocycles. The summed E-state index contributed by atoms with van der Waals surface area (Å²) in [6.07, 6.45) is -0.0383. The Morgan fingerprint density at radius 1 is 1.31 bits per heavy atom. The van der Waals surface area contributed by atoms with Gasteiger partial charge in [-0.2, -0.15) is 0 Å². The number of esters is 1. The Kier molecular flexibility index (Phi) is 5.98. The Bertz CT molecular complexity index is 248. The molecule has 0 rings (SSSR count). The molecule has 0 aliphatic rings. The molecule has 0 bridgehead atoms. The molecule has 0 spiro atoms. The number of hydrogen-bond donors (Lipinski definition) is 2. The van der Waals surface area contributed by atoms with Gasteiger partial charge in [-0.25, -0.2) is 9.59 Å². The van der Waals surface area contributed by atoms with Gasteiger partial charge in [0.25, 0.3) is 0 Å². The largest absolute Gasteiger partial charge is 0.516 e. The minimum Gasteiger partial charge on any atom is -0.428 e. The zero-order valence-electron chi connectivity index (χ0n) is 9.99. The molecule has 16 heavy (non-hydrogen) atoms. The highest BCUT2D eigenvalue weighted by Crippen LogP contribution is 2.08. The van der Waals surface area contributed by atoms with E-state index in [1.165, 1.54) is 0 Å². The van der Waals surface area contributed by atoms with Crippen molar-refractivity contribution >= 4 is 12.1 Å². The standard InChI is InChI=1S/C10H20N2O4/c1-10(2,3)16-9(14)15-8(13)7(12)5-4-6-11/h7H,4-6,11-12H2,1-3H3/t7-/m1/s1. The lowest BCUT2D eigenvalue weighted by Gasteiger charge is -2.18. The summed E-state index contributed by atoms with van der Waals surface area (Å²) in [6.45, 7) is 5.46. The average Bonchev–Trinajstić information content (AvgIpc) is 2.10. The second-order valence-electron chi connectivity index (χ2n) is 4.42. The van der Waals surface area contributed by atoms with Crippen molar-refractivity contribution < 1.29 is 19.1 Å². The van der Waals surface area contributed by atoms with Crippen molar-refractivity contribution in [2.75, 3.05) is 6.54 Å². The summed E-state index contributed by atoms with van der Waals surface area (Å²) in [6, 6.07) is -0.837. The second-order valence-corrected chi connectivity index (χ2v) is 4.42. The molecule has 0 aromatic heterocycles. The van der Waals surface area contributed by atoms with Crippen LogP contribution in [0.1, 0.15) is 33.6 Å². The summed E-state index contributed by atoms with van der Waals surface area (Å²) >= 11 is 0. The van der Waals surface area contributed by atoms with Crippen LogP contribution < -0.4 is 11.5 Å². The van der Waals surface area contributed by atoms with Gasteiger partial charge in [0.2, 0.25) is 0 Å². The molecule has 1 atom stereocenters. The fraction of sp³-hybridized carbons (Fsp3) is 0.800. The van der Waals surface area contributed by atoms with Gasteiger partial charge in [0.15, 0.2) is 0 Å². The molecule has 0 saturated heterocycles. The van der Waals surface area contributed by atoms with E-state index in [0.29, 0.717) is 19.4 Å². The van der Waals surface area contributed by atoms with Crippen LogP contribution in [0.15, 0.2) is 0 Å². The van der Waals surface area contributed by atoms with Crippen molar-refractivity contribution in [3.05, 3.63) is 0 Å². The van der Waals surface area contributed by atoms with Crippen LogP contribution in [0.5, 0.6) is 0 Å². The molecule has 0 fully saturated rings. The van der Waals surface area contributed by atoms with Gasteiger partial charge in [-0.05, 0) is 40.2 Å². The van der Waals surface area contributed by atoms with Crippen LogP contribution in [0.2, 0.25) is 0 Å². The predicted octanol–water partition coefficient (Wildman–Crippen LogP) is 0.531. The second kappa shape index (κ2) is 6.44. The van der Waals surface area contributed by atoms with Crippen LogP contribution in [-0.4, -0.2) is 30.3 Å². The van der Waals surface area contributed by atoms with Gasteiger partial charge in [-0.1, -0.05) is 0 Å². The molecule has 0 radical (unpaired) electrons. The highest BCUT2D eigenvalue weighted by molar-refractivity contribution is 5.85. The van der Waals surface area contributed by atoms with E-state index >= 15 is 0 Å². The topological polar surface area (TPSA) is 105 Å². The molecule has 0 amide bonds. The zero-order chi connectivity index (χ0) is 12.8. The van der Waals surface area contributed by atoms with Crippen molar-refractivity contribution in [2.45, 2.75) is 45.3 Å². The molecule has 0 heterocycles. The first-order valence-corrected chi connectivity index (χ1v) is 5.16. The average molecular weight is 232 g/mol. The van der Waals surface area contributed by atoms with Gasteiger partial charge in [0, 0.05) is 0 Å². The minimum absolute atomic E-state index is 0.387. The van der Waals surface area contributed by atoms with Gasteiger partial charge < -0.3 is 20.9 Å². The van der Waals surface area contributed by atoms with E-state index in [-0.39, 0.29) is 0 Å². The summed E-state index contributed by atoms with van der Waals surface area (Å²) in [5.41, 5.74) is 10.0. The molecule has 0 aliphatic heterocycles. The van der Waals surface area contributed by atoms with Crippen LogP contribution in [0.3, 0.4) is 0 Å². The maximum absolute atomic E-state index is 11.3. The Hall–Kier alpha value is -1.14. The first kappa shape index (κ1) is 14.9. The minimum atomic E-state index is -1.03. The van der Waals surface area contributed by atoms with E-state index in [4.69, 9.17) is 16.2 Å². The van der Waals surface area contributed by atoms with E-state index in [2.05, 4.69) is 4.74 Å². The Morgan fingerprint density at radius 2 is 1.88 bits per heavy atom. The molecule has 0 unspecified atom stereocenters. The van der Waals surface area contributed by atoms with Crippen LogP contribution in [0, 0.1) is 0 Å². The fourth-order valence-corrected chi connectivity index (χ4v) is 0.884. The van der Waals surface area contributed by atoms with E-state index in [1.54, 1.807) is 20.8 Å². The van der Waals surface area contributed by atoms with E-state index in [0.717, 1.165) is 0 Å². The highest BCUT2D eigenvalue weighted by Gasteiger charge is 2.23. The fourth-order valence-electron chi connectivity index (χ4n) is 0.884. The lowest BCUT2D eigenvalue weighted by molar-refractivity contribution is -0.143. The van der Waals surface area contributed by atoms with Crippen LogP contribution >= 0.6 is 0 Å². The molecule has 0 aromatic rings. The summed E-state index contributed by atoms with van der Waals surface area (Å²) in [5.74, 6) is -0.789. The van der Waals surface area contributed by atoms with Gasteiger partial charge >= 0.3 is 12.1 Å². The lowest BCUT2D eigenvalue weighted by Crippen LogP contribution is -2.36. The van der Waals surface area contributed by atoms with Gasteiger partial charge in [0.05, 0.1) is 0 Å². The molecule has 0 aromatic carbocycles. The summed E-state index contributed by atoms with van der Waals surface area (Å²) in [4.78, 5) is 22.4. The Balaban J connectivity index is 3.99. The Labute approximate surface area is 95.3 Å². The molecule has 0 aliphatic carbocycles. The van der Waals surface area contributed by atoms with Gasteiger partial charge in [-0.15, -0.1) is 0 Å². The van der Waals surface area contributed by atoms with Crippen LogP contribution in [0.4, 0.5) is 4.79 Å². The maximum Gasteiger partial charge on any atom is 0.516 e. The third-order valence-electron chi connectivity index (χ3n) is 1.60. The number of ether oxygens (including phenoxy) is 2. The molecule has 4 N–H and O–H groups in total. The third kappa shape index (κ3) is 7.19. The number of nitrogens with two attached hydrogens (primary N) is 2. The van der Waals surface area contributed by atoms with Gasteiger partial charge in [-0.3, -0.25) is 0 Å². The molecule has 6 heteroatoms. The predicted molar refractivity (Wildman–Crippen MR) is 58.6 cm³/mol. The smallest absolute Gasteiger partial charge is 0.428 e. The van der Waals surface area contributed by atoms with Crippen molar-refractivity contribution in [1.29, 1.82) is 0 Å². The zero-order valence-corrected chi connectivity index (χ0v) is 9.99. The summed E-state index contributed by atoms with van der Waals surface area (Å²) in [5, 5.41) is 0. The first-order valence-electron chi connectivity index (χ1n) is 5.16. The first-order chi connectivity index (χ1) is 7.26. The summed E-state index contributed by atoms with van der Waals surface area (Å²) < 4.78 is 9.22. The van der Waals surface area contributed by atoms with Crippen LogP contribution in [0.25, 0.3) is 0 Å². The number of carbonyl (C=O) groups excluding carboxylic acids is 2. The monoisotopic (exact) mass is 232 g/mol. The molecule has 6 nitrogen and oxygen atoms in total. The Morgan fingerprint density at radius 3 is 2.31 bits per heavy atom. The third-order valence-corrected chi connectivity index (χ3v) is 1.60. The number of carbonyl (C=O) groups is 2. The van der Waals surface area contributed by atoms with Crippen LogP contribution in [-0.2, 0) is 14.3 Å². The normalized spacial score (nSPS) is 13.1. The SMILES string of the molecule is CC(C)(C)OC(=O)OC(=O)[C@H](N)CCCN. The molecule has 94 valence electrons. The van der Waals surface area contributed by atoms with E-state index in [9.17, 15) is 9.59 Å². The summed E-state index contributed by atoms with van der Waals surface area (Å²) in [7, 11) is 0. The number of hydrogen-bond acceptors (Lipinski definition) is 6. The highest BCUT2D eigenvalue weighted by atomic mass is 16.7. The number of rotatable bonds is 4. The van der Waals surface area contributed by atoms with Crippen molar-refractivity contribution in [3.8, 4) is 0 Å². The van der Waals surface area contributed by atoms with Gasteiger partial charge in [0.1, 0.15) is 11.6 Å². The van der Waals surface area contributed by atoms with E-state index < -0.39 is 23.8 Å². The maximum atomic E-state index is 11.3. The van der Waals surface area contributed by atoms with Crippen molar-refractivity contribution in [2.24, 2.45) is 11.5 Å². The van der Waals surface area contributed by atoms with Crippen molar-refractivity contribution in [3.63, 3.8) is 0 Å². The molecular weight excluding hydrogens is 212 g/mol. The lowest BCUT2D eigenvalue weighted by atomic mass is 10.2. The quantitative estimate of drug-likeness (QED) is 0.541. The molecular formula is C10H20N2O4. The van der Waals surface area contributed by atoms with E-state index in [1.807, 2.05) is 0 Å². The van der Waals surface area contributed by atoms with Crippen molar-refractivity contribution in [1.82, 2.24) is 0 Å².